The summed E-state index contributed by atoms with van der Waals surface area (Å²) in [5.41, 5.74) is 5.42. The van der Waals surface area contributed by atoms with Gasteiger partial charge >= 0.3 is 6.18 Å². The molecule has 0 aliphatic heterocycles. The van der Waals surface area contributed by atoms with Crippen molar-refractivity contribution in [3.8, 4) is 0 Å². The van der Waals surface area contributed by atoms with Crippen molar-refractivity contribution in [3.63, 3.8) is 0 Å². The van der Waals surface area contributed by atoms with Gasteiger partial charge in [-0.25, -0.2) is 0 Å². The van der Waals surface area contributed by atoms with Crippen LogP contribution in [0.2, 0.25) is 0 Å². The first-order chi connectivity index (χ1) is 9.76. The summed E-state index contributed by atoms with van der Waals surface area (Å²) in [5.74, 6) is 0. The normalized spacial score (nSPS) is 27.0. The molecular formula is C14H18F3N3O. The Morgan fingerprint density at radius 1 is 1.38 bits per heavy atom. The SMILES string of the molecule is CC1(N)CCC(ON=Cc2ccc(C(F)(F)F)nc2)CC1. The summed E-state index contributed by atoms with van der Waals surface area (Å²) in [5, 5.41) is 3.82. The lowest BCUT2D eigenvalue weighted by atomic mass is 9.83. The van der Waals surface area contributed by atoms with Gasteiger partial charge in [0.1, 0.15) is 11.8 Å². The molecule has 1 saturated carbocycles. The van der Waals surface area contributed by atoms with Crippen LogP contribution in [-0.2, 0) is 11.0 Å². The van der Waals surface area contributed by atoms with E-state index in [1.807, 2.05) is 6.92 Å². The number of nitrogens with two attached hydrogens (primary N) is 1. The van der Waals surface area contributed by atoms with Crippen molar-refractivity contribution >= 4 is 6.21 Å². The molecule has 1 fully saturated rings. The Balaban J connectivity index is 1.85. The number of oxime groups is 1. The maximum atomic E-state index is 12.3. The van der Waals surface area contributed by atoms with E-state index in [0.717, 1.165) is 37.9 Å². The molecule has 0 atom stereocenters. The van der Waals surface area contributed by atoms with Gasteiger partial charge < -0.3 is 10.6 Å². The Kier molecular flexibility index (Phi) is 4.51. The van der Waals surface area contributed by atoms with E-state index in [-0.39, 0.29) is 11.6 Å². The van der Waals surface area contributed by atoms with Gasteiger partial charge in [-0.15, -0.1) is 0 Å². The molecule has 2 N–H and O–H groups in total. The fourth-order valence-corrected chi connectivity index (χ4v) is 2.18. The Labute approximate surface area is 121 Å². The molecule has 0 amide bonds. The van der Waals surface area contributed by atoms with Crippen LogP contribution in [-0.4, -0.2) is 22.8 Å². The summed E-state index contributed by atoms with van der Waals surface area (Å²) in [6.07, 6.45) is 1.47. The minimum absolute atomic E-state index is 0.0142. The van der Waals surface area contributed by atoms with Crippen LogP contribution >= 0.6 is 0 Å². The first-order valence-corrected chi connectivity index (χ1v) is 6.78. The Morgan fingerprint density at radius 2 is 2.05 bits per heavy atom. The Hall–Kier alpha value is -1.63. The van der Waals surface area contributed by atoms with Gasteiger partial charge in [0.25, 0.3) is 0 Å². The fraction of sp³-hybridized carbons (Fsp3) is 0.571. The number of hydrogen-bond acceptors (Lipinski definition) is 4. The summed E-state index contributed by atoms with van der Waals surface area (Å²) in [4.78, 5) is 8.69. The molecule has 0 saturated heterocycles. The van der Waals surface area contributed by atoms with Gasteiger partial charge in [0.05, 0.1) is 6.21 Å². The van der Waals surface area contributed by atoms with E-state index in [1.54, 1.807) is 0 Å². The molecule has 0 unspecified atom stereocenters. The zero-order chi connectivity index (χ0) is 15.5. The van der Waals surface area contributed by atoms with E-state index in [1.165, 1.54) is 12.3 Å². The molecule has 1 aromatic heterocycles. The summed E-state index contributed by atoms with van der Waals surface area (Å²) in [6, 6.07) is 2.22. The van der Waals surface area contributed by atoms with Crippen molar-refractivity contribution in [2.24, 2.45) is 10.9 Å². The van der Waals surface area contributed by atoms with E-state index in [9.17, 15) is 13.2 Å². The largest absolute Gasteiger partial charge is 0.433 e. The number of aromatic nitrogens is 1. The molecule has 4 nitrogen and oxygen atoms in total. The van der Waals surface area contributed by atoms with Gasteiger partial charge in [0, 0.05) is 17.3 Å². The third-order valence-corrected chi connectivity index (χ3v) is 3.56. The molecular weight excluding hydrogens is 283 g/mol. The highest BCUT2D eigenvalue weighted by Gasteiger charge is 2.32. The second kappa shape index (κ2) is 6.01. The van der Waals surface area contributed by atoms with Crippen LogP contribution in [0.3, 0.4) is 0 Å². The predicted octanol–water partition coefficient (Wildman–Crippen LogP) is 3.11. The lowest BCUT2D eigenvalue weighted by Gasteiger charge is -2.32. The van der Waals surface area contributed by atoms with Crippen LogP contribution in [0.1, 0.15) is 43.9 Å². The molecule has 7 heteroatoms. The van der Waals surface area contributed by atoms with Crippen molar-refractivity contribution in [3.05, 3.63) is 29.6 Å². The van der Waals surface area contributed by atoms with Crippen molar-refractivity contribution in [2.75, 3.05) is 0 Å². The first kappa shape index (κ1) is 15.8. The quantitative estimate of drug-likeness (QED) is 0.689. The van der Waals surface area contributed by atoms with Gasteiger partial charge in [-0.05, 0) is 44.7 Å². The minimum Gasteiger partial charge on any atom is -0.392 e. The molecule has 0 bridgehead atoms. The maximum Gasteiger partial charge on any atom is 0.433 e. The molecule has 21 heavy (non-hydrogen) atoms. The smallest absolute Gasteiger partial charge is 0.392 e. The second-order valence-electron chi connectivity index (χ2n) is 5.67. The molecule has 0 aromatic carbocycles. The number of nitrogens with zero attached hydrogens (tertiary/aromatic N) is 2. The number of halogens is 3. The minimum atomic E-state index is -4.43. The third-order valence-electron chi connectivity index (χ3n) is 3.56. The molecule has 0 radical (unpaired) electrons. The number of alkyl halides is 3. The summed E-state index contributed by atoms with van der Waals surface area (Å²) in [6.45, 7) is 2.01. The highest BCUT2D eigenvalue weighted by atomic mass is 19.4. The first-order valence-electron chi connectivity index (χ1n) is 6.78. The van der Waals surface area contributed by atoms with Crippen LogP contribution in [0.4, 0.5) is 13.2 Å². The van der Waals surface area contributed by atoms with Crippen molar-refractivity contribution < 1.29 is 18.0 Å². The molecule has 1 aromatic rings. The van der Waals surface area contributed by atoms with E-state index in [0.29, 0.717) is 5.56 Å². The van der Waals surface area contributed by atoms with Crippen LogP contribution in [0.15, 0.2) is 23.5 Å². The van der Waals surface area contributed by atoms with E-state index in [4.69, 9.17) is 10.6 Å². The summed E-state index contributed by atoms with van der Waals surface area (Å²) < 4.78 is 37.0. The van der Waals surface area contributed by atoms with E-state index >= 15 is 0 Å². The Morgan fingerprint density at radius 3 is 2.57 bits per heavy atom. The zero-order valence-electron chi connectivity index (χ0n) is 11.7. The van der Waals surface area contributed by atoms with Crippen LogP contribution in [0.25, 0.3) is 0 Å². The zero-order valence-corrected chi connectivity index (χ0v) is 11.7. The number of hydrogen-bond donors (Lipinski definition) is 1. The van der Waals surface area contributed by atoms with Crippen LogP contribution < -0.4 is 5.73 Å². The second-order valence-corrected chi connectivity index (χ2v) is 5.67. The molecule has 0 spiro atoms. The van der Waals surface area contributed by atoms with Crippen molar-refractivity contribution in [1.82, 2.24) is 4.98 Å². The van der Waals surface area contributed by atoms with Crippen molar-refractivity contribution in [2.45, 2.75) is 50.4 Å². The highest BCUT2D eigenvalue weighted by molar-refractivity contribution is 5.78. The van der Waals surface area contributed by atoms with Crippen LogP contribution in [0, 0.1) is 0 Å². The molecule has 2 rings (SSSR count). The molecule has 1 aliphatic rings. The summed E-state index contributed by atoms with van der Waals surface area (Å²) in [7, 11) is 0. The number of pyridine rings is 1. The highest BCUT2D eigenvalue weighted by Crippen LogP contribution is 2.28. The predicted molar refractivity (Wildman–Crippen MR) is 72.8 cm³/mol. The van der Waals surface area contributed by atoms with E-state index in [2.05, 4.69) is 10.1 Å². The summed E-state index contributed by atoms with van der Waals surface area (Å²) >= 11 is 0. The van der Waals surface area contributed by atoms with Crippen LogP contribution in [0.5, 0.6) is 0 Å². The standard InChI is InChI=1S/C14H18F3N3O/c1-13(18)6-4-11(5-7-13)21-20-9-10-2-3-12(19-8-10)14(15,16)17/h2-3,8-9,11H,4-7,18H2,1H3. The number of rotatable bonds is 3. The van der Waals surface area contributed by atoms with Gasteiger partial charge in [-0.3, -0.25) is 4.98 Å². The van der Waals surface area contributed by atoms with Gasteiger partial charge in [0.15, 0.2) is 0 Å². The lowest BCUT2D eigenvalue weighted by Crippen LogP contribution is -2.41. The maximum absolute atomic E-state index is 12.3. The van der Waals surface area contributed by atoms with Crippen molar-refractivity contribution in [1.29, 1.82) is 0 Å². The average Bonchev–Trinajstić information content (AvgIpc) is 2.40. The average molecular weight is 301 g/mol. The van der Waals surface area contributed by atoms with Gasteiger partial charge in [-0.1, -0.05) is 5.16 Å². The van der Waals surface area contributed by atoms with E-state index < -0.39 is 11.9 Å². The monoisotopic (exact) mass is 301 g/mol. The molecule has 1 aliphatic carbocycles. The topological polar surface area (TPSA) is 60.5 Å². The van der Waals surface area contributed by atoms with Gasteiger partial charge in [-0.2, -0.15) is 13.2 Å². The fourth-order valence-electron chi connectivity index (χ4n) is 2.18. The Bertz CT molecular complexity index is 487. The molecule has 116 valence electrons. The third kappa shape index (κ3) is 4.70. The molecule has 1 heterocycles. The lowest BCUT2D eigenvalue weighted by molar-refractivity contribution is -0.141. The van der Waals surface area contributed by atoms with Gasteiger partial charge in [0.2, 0.25) is 0 Å².